The number of hydrazone groups is 1. The summed E-state index contributed by atoms with van der Waals surface area (Å²) < 4.78 is 21.3. The zero-order valence-electron chi connectivity index (χ0n) is 21.4. The van der Waals surface area contributed by atoms with Crippen LogP contribution in [0, 0.1) is 0 Å². The van der Waals surface area contributed by atoms with Gasteiger partial charge < -0.3 is 24.3 Å². The van der Waals surface area contributed by atoms with Gasteiger partial charge in [0, 0.05) is 5.56 Å². The van der Waals surface area contributed by atoms with Gasteiger partial charge in [0.15, 0.2) is 11.5 Å². The average Bonchev–Trinajstić information content (AvgIpc) is 2.95. The second kappa shape index (κ2) is 14.0. The van der Waals surface area contributed by atoms with Crippen molar-refractivity contribution in [3.63, 3.8) is 0 Å². The molecule has 0 aromatic heterocycles. The van der Waals surface area contributed by atoms with Crippen LogP contribution in [-0.4, -0.2) is 51.4 Å². The molecular weight excluding hydrogens is 490 g/mol. The molecule has 0 fully saturated rings. The highest BCUT2D eigenvalue weighted by Crippen LogP contribution is 2.28. The minimum atomic E-state index is -0.553. The molecule has 0 radical (unpaired) electrons. The van der Waals surface area contributed by atoms with Crippen molar-refractivity contribution >= 4 is 24.0 Å². The molecule has 0 saturated carbocycles. The first-order chi connectivity index (χ1) is 18.4. The number of carbonyl (C=O) groups excluding carboxylic acids is 3. The standard InChI is InChI=1S/C28H29N3O7/c1-4-15-37-23-12-6-20(7-13-23)27(33)29-18-26(32)31-30-17-19-5-14-24(25(16-19)36-3)38-28(34)21-8-10-22(35-2)11-9-21/h5-14,16-17H,4,15,18H2,1-3H3,(H,29,33)(H,31,32)/b30-17-. The Bertz CT molecular complexity index is 1270. The minimum Gasteiger partial charge on any atom is -0.497 e. The van der Waals surface area contributed by atoms with E-state index in [4.69, 9.17) is 18.9 Å². The van der Waals surface area contributed by atoms with Gasteiger partial charge in [0.1, 0.15) is 11.5 Å². The van der Waals surface area contributed by atoms with Crippen molar-refractivity contribution in [1.82, 2.24) is 10.7 Å². The first kappa shape index (κ1) is 27.7. The molecule has 2 N–H and O–H groups in total. The number of esters is 1. The van der Waals surface area contributed by atoms with E-state index in [-0.39, 0.29) is 12.3 Å². The molecule has 0 aliphatic heterocycles. The van der Waals surface area contributed by atoms with E-state index in [0.717, 1.165) is 6.42 Å². The third-order valence-electron chi connectivity index (χ3n) is 5.12. The number of carbonyl (C=O) groups is 3. The van der Waals surface area contributed by atoms with E-state index < -0.39 is 17.8 Å². The fraction of sp³-hybridized carbons (Fsp3) is 0.214. The number of benzene rings is 3. The van der Waals surface area contributed by atoms with Crippen molar-refractivity contribution in [3.8, 4) is 23.0 Å². The SMILES string of the molecule is CCCOc1ccc(C(=O)NCC(=O)N/N=C\c2ccc(OC(=O)c3ccc(OC)cc3)c(OC)c2)cc1. The summed E-state index contributed by atoms with van der Waals surface area (Å²) in [6, 6.07) is 18.0. The fourth-order valence-corrected chi connectivity index (χ4v) is 3.14. The zero-order valence-corrected chi connectivity index (χ0v) is 21.4. The van der Waals surface area contributed by atoms with Gasteiger partial charge in [-0.25, -0.2) is 10.2 Å². The number of ether oxygens (including phenoxy) is 4. The van der Waals surface area contributed by atoms with Gasteiger partial charge in [0.2, 0.25) is 0 Å². The maximum absolute atomic E-state index is 12.4. The average molecular weight is 520 g/mol. The van der Waals surface area contributed by atoms with Gasteiger partial charge in [-0.1, -0.05) is 6.92 Å². The molecule has 0 unspecified atom stereocenters. The second-order valence-corrected chi connectivity index (χ2v) is 7.88. The van der Waals surface area contributed by atoms with Gasteiger partial charge in [-0.05, 0) is 78.7 Å². The van der Waals surface area contributed by atoms with E-state index >= 15 is 0 Å². The molecule has 10 nitrogen and oxygen atoms in total. The molecule has 2 amide bonds. The molecule has 0 bridgehead atoms. The van der Waals surface area contributed by atoms with Crippen LogP contribution in [0.1, 0.15) is 39.6 Å². The fourth-order valence-electron chi connectivity index (χ4n) is 3.14. The molecular formula is C28H29N3O7. The van der Waals surface area contributed by atoms with Gasteiger partial charge in [-0.15, -0.1) is 0 Å². The molecule has 0 atom stereocenters. The molecule has 0 spiro atoms. The number of nitrogens with one attached hydrogen (secondary N) is 2. The first-order valence-electron chi connectivity index (χ1n) is 11.8. The van der Waals surface area contributed by atoms with Crippen LogP contribution in [0.2, 0.25) is 0 Å². The first-order valence-corrected chi connectivity index (χ1v) is 11.8. The normalized spacial score (nSPS) is 10.5. The summed E-state index contributed by atoms with van der Waals surface area (Å²) in [5.41, 5.74) is 3.69. The van der Waals surface area contributed by atoms with Gasteiger partial charge in [0.25, 0.3) is 11.8 Å². The highest BCUT2D eigenvalue weighted by Gasteiger charge is 2.13. The lowest BCUT2D eigenvalue weighted by Crippen LogP contribution is -2.34. The van der Waals surface area contributed by atoms with Crippen LogP contribution in [0.3, 0.4) is 0 Å². The maximum Gasteiger partial charge on any atom is 0.343 e. The molecule has 10 heteroatoms. The molecule has 0 aliphatic rings. The topological polar surface area (TPSA) is 125 Å². The third kappa shape index (κ3) is 8.09. The van der Waals surface area contributed by atoms with E-state index in [9.17, 15) is 14.4 Å². The van der Waals surface area contributed by atoms with Crippen molar-refractivity contribution in [2.24, 2.45) is 5.10 Å². The molecule has 3 aromatic rings. The van der Waals surface area contributed by atoms with Crippen LogP contribution in [0.4, 0.5) is 0 Å². The van der Waals surface area contributed by atoms with Crippen molar-refractivity contribution in [2.75, 3.05) is 27.4 Å². The van der Waals surface area contributed by atoms with E-state index in [1.54, 1.807) is 66.7 Å². The largest absolute Gasteiger partial charge is 0.497 e. The summed E-state index contributed by atoms with van der Waals surface area (Å²) in [5.74, 6) is 0.381. The van der Waals surface area contributed by atoms with Crippen molar-refractivity contribution in [2.45, 2.75) is 13.3 Å². The second-order valence-electron chi connectivity index (χ2n) is 7.88. The van der Waals surface area contributed by atoms with E-state index in [1.165, 1.54) is 20.4 Å². The van der Waals surface area contributed by atoms with Crippen LogP contribution in [0.5, 0.6) is 23.0 Å². The Hall–Kier alpha value is -4.86. The highest BCUT2D eigenvalue weighted by molar-refractivity contribution is 5.96. The molecule has 198 valence electrons. The Balaban J connectivity index is 1.49. The summed E-state index contributed by atoms with van der Waals surface area (Å²) in [6.45, 7) is 2.35. The molecule has 0 aliphatic carbocycles. The van der Waals surface area contributed by atoms with Gasteiger partial charge in [-0.2, -0.15) is 5.10 Å². The quantitative estimate of drug-likeness (QED) is 0.162. The predicted octanol–water partition coefficient (Wildman–Crippen LogP) is 3.59. The number of methoxy groups -OCH3 is 2. The van der Waals surface area contributed by atoms with Crippen LogP contribution in [-0.2, 0) is 4.79 Å². The lowest BCUT2D eigenvalue weighted by Gasteiger charge is -2.10. The highest BCUT2D eigenvalue weighted by atomic mass is 16.6. The zero-order chi connectivity index (χ0) is 27.3. The Morgan fingerprint density at radius 1 is 0.842 bits per heavy atom. The molecule has 38 heavy (non-hydrogen) atoms. The summed E-state index contributed by atoms with van der Waals surface area (Å²) in [7, 11) is 2.98. The number of nitrogens with zero attached hydrogens (tertiary/aromatic N) is 1. The van der Waals surface area contributed by atoms with Crippen molar-refractivity contribution < 1.29 is 33.3 Å². The van der Waals surface area contributed by atoms with Crippen molar-refractivity contribution in [3.05, 3.63) is 83.4 Å². The summed E-state index contributed by atoms with van der Waals surface area (Å²) >= 11 is 0. The number of amides is 2. The molecule has 0 saturated heterocycles. The lowest BCUT2D eigenvalue weighted by molar-refractivity contribution is -0.120. The molecule has 3 aromatic carbocycles. The van der Waals surface area contributed by atoms with Crippen molar-refractivity contribution in [1.29, 1.82) is 0 Å². The lowest BCUT2D eigenvalue weighted by atomic mass is 10.2. The van der Waals surface area contributed by atoms with Crippen LogP contribution < -0.4 is 29.7 Å². The Morgan fingerprint density at radius 3 is 2.18 bits per heavy atom. The number of hydrogen-bond acceptors (Lipinski definition) is 8. The van der Waals surface area contributed by atoms with E-state index in [1.807, 2.05) is 6.92 Å². The van der Waals surface area contributed by atoms with Gasteiger partial charge >= 0.3 is 5.97 Å². The van der Waals surface area contributed by atoms with E-state index in [2.05, 4.69) is 15.8 Å². The van der Waals surface area contributed by atoms with Gasteiger partial charge in [-0.3, -0.25) is 9.59 Å². The van der Waals surface area contributed by atoms with Crippen LogP contribution >= 0.6 is 0 Å². The predicted molar refractivity (Wildman–Crippen MR) is 141 cm³/mol. The summed E-state index contributed by atoms with van der Waals surface area (Å²) in [4.78, 5) is 36.7. The minimum absolute atomic E-state index is 0.224. The summed E-state index contributed by atoms with van der Waals surface area (Å²) in [6.07, 6.45) is 2.28. The van der Waals surface area contributed by atoms with Gasteiger partial charge in [0.05, 0.1) is 39.1 Å². The Kier molecular flexibility index (Phi) is 10.2. The smallest absolute Gasteiger partial charge is 0.343 e. The van der Waals surface area contributed by atoms with Crippen LogP contribution in [0.15, 0.2) is 71.8 Å². The number of hydrogen-bond donors (Lipinski definition) is 2. The summed E-state index contributed by atoms with van der Waals surface area (Å²) in [5, 5.41) is 6.43. The van der Waals surface area contributed by atoms with Crippen LogP contribution in [0.25, 0.3) is 0 Å². The third-order valence-corrected chi connectivity index (χ3v) is 5.12. The Morgan fingerprint density at radius 2 is 1.53 bits per heavy atom. The molecule has 0 heterocycles. The maximum atomic E-state index is 12.4. The molecule has 3 rings (SSSR count). The van der Waals surface area contributed by atoms with E-state index in [0.29, 0.717) is 40.5 Å². The number of rotatable bonds is 12. The monoisotopic (exact) mass is 519 g/mol. The Labute approximate surface area is 220 Å².